The summed E-state index contributed by atoms with van der Waals surface area (Å²) in [5, 5.41) is 0. The first-order valence-electron chi connectivity index (χ1n) is 5.69. The fraction of sp³-hybridized carbons (Fsp3) is 0.214. The van der Waals surface area contributed by atoms with Crippen LogP contribution < -0.4 is 0 Å². The molecule has 0 bridgehead atoms. The molecule has 2 aromatic rings. The first-order valence-corrected chi connectivity index (χ1v) is 6.50. The highest BCUT2D eigenvalue weighted by Gasteiger charge is 2.17. The molecule has 0 N–H and O–H groups in total. The van der Waals surface area contributed by atoms with Gasteiger partial charge in [-0.3, -0.25) is 4.79 Å². The van der Waals surface area contributed by atoms with Gasteiger partial charge in [0.05, 0.1) is 4.88 Å². The first kappa shape index (κ1) is 13.8. The van der Waals surface area contributed by atoms with Crippen molar-refractivity contribution in [1.82, 2.24) is 0 Å². The Morgan fingerprint density at radius 1 is 1.05 bits per heavy atom. The van der Waals surface area contributed by atoms with E-state index in [1.807, 2.05) is 0 Å². The van der Waals surface area contributed by atoms with E-state index in [9.17, 15) is 18.0 Å². The maximum atomic E-state index is 13.6. The topological polar surface area (TPSA) is 17.1 Å². The summed E-state index contributed by atoms with van der Waals surface area (Å²) in [4.78, 5) is 12.7. The van der Waals surface area contributed by atoms with Crippen molar-refractivity contribution in [3.63, 3.8) is 0 Å². The van der Waals surface area contributed by atoms with Gasteiger partial charge in [0.2, 0.25) is 0 Å². The van der Waals surface area contributed by atoms with Crippen molar-refractivity contribution in [3.05, 3.63) is 46.6 Å². The normalized spacial score (nSPS) is 11.1. The molecule has 5 heteroatoms. The van der Waals surface area contributed by atoms with Gasteiger partial charge < -0.3 is 0 Å². The monoisotopic (exact) mass is 284 g/mol. The van der Waals surface area contributed by atoms with E-state index < -0.39 is 17.5 Å². The van der Waals surface area contributed by atoms with Crippen molar-refractivity contribution < 1.29 is 18.0 Å². The standard InChI is InChI=1S/C14H11F3OS/c1-7(2)14(18)13-4-3-12(19-13)8-5-10(16)11(17)6-9(8)15/h3-7H,1-2H3. The second kappa shape index (κ2) is 5.17. The molecule has 1 aromatic carbocycles. The number of thiophene rings is 1. The Hall–Kier alpha value is -1.62. The molecule has 0 atom stereocenters. The van der Waals surface area contributed by atoms with Crippen molar-refractivity contribution in [2.75, 3.05) is 0 Å². The third-order valence-electron chi connectivity index (χ3n) is 2.65. The third kappa shape index (κ3) is 2.71. The summed E-state index contributed by atoms with van der Waals surface area (Å²) in [6.45, 7) is 3.53. The summed E-state index contributed by atoms with van der Waals surface area (Å²) < 4.78 is 39.6. The zero-order chi connectivity index (χ0) is 14.2. The van der Waals surface area contributed by atoms with Crippen LogP contribution >= 0.6 is 11.3 Å². The largest absolute Gasteiger partial charge is 0.293 e. The van der Waals surface area contributed by atoms with E-state index >= 15 is 0 Å². The van der Waals surface area contributed by atoms with Gasteiger partial charge in [-0.05, 0) is 18.2 Å². The molecule has 0 amide bonds. The van der Waals surface area contributed by atoms with E-state index in [0.29, 0.717) is 15.8 Å². The molecule has 1 aromatic heterocycles. The fourth-order valence-corrected chi connectivity index (χ4v) is 2.72. The van der Waals surface area contributed by atoms with Gasteiger partial charge in [-0.1, -0.05) is 13.8 Å². The molecule has 0 saturated heterocycles. The van der Waals surface area contributed by atoms with Crippen molar-refractivity contribution in [2.24, 2.45) is 5.92 Å². The van der Waals surface area contributed by atoms with Crippen LogP contribution in [0.25, 0.3) is 10.4 Å². The summed E-state index contributed by atoms with van der Waals surface area (Å²) >= 11 is 1.07. The van der Waals surface area contributed by atoms with E-state index in [1.165, 1.54) is 6.07 Å². The van der Waals surface area contributed by atoms with Crippen LogP contribution in [0.1, 0.15) is 23.5 Å². The third-order valence-corrected chi connectivity index (χ3v) is 3.78. The van der Waals surface area contributed by atoms with Gasteiger partial charge in [-0.25, -0.2) is 13.2 Å². The van der Waals surface area contributed by atoms with Crippen molar-refractivity contribution in [1.29, 1.82) is 0 Å². The van der Waals surface area contributed by atoms with E-state index in [4.69, 9.17) is 0 Å². The minimum absolute atomic E-state index is 0.0355. The number of hydrogen-bond donors (Lipinski definition) is 0. The average Bonchev–Trinajstić information content (AvgIpc) is 2.81. The average molecular weight is 284 g/mol. The van der Waals surface area contributed by atoms with Gasteiger partial charge >= 0.3 is 0 Å². The van der Waals surface area contributed by atoms with Gasteiger partial charge in [-0.2, -0.15) is 0 Å². The van der Waals surface area contributed by atoms with Crippen LogP contribution in [0.3, 0.4) is 0 Å². The lowest BCUT2D eigenvalue weighted by Gasteiger charge is -2.02. The van der Waals surface area contributed by atoms with E-state index in [1.54, 1.807) is 19.9 Å². The summed E-state index contributed by atoms with van der Waals surface area (Å²) in [7, 11) is 0. The predicted molar refractivity (Wildman–Crippen MR) is 68.8 cm³/mol. The number of carbonyl (C=O) groups excluding carboxylic acids is 1. The summed E-state index contributed by atoms with van der Waals surface area (Å²) in [5.74, 6) is -3.40. The maximum Gasteiger partial charge on any atom is 0.175 e. The highest BCUT2D eigenvalue weighted by molar-refractivity contribution is 7.17. The van der Waals surface area contributed by atoms with Gasteiger partial charge in [0.1, 0.15) is 5.82 Å². The van der Waals surface area contributed by atoms with Crippen molar-refractivity contribution in [3.8, 4) is 10.4 Å². The Morgan fingerprint density at radius 2 is 1.68 bits per heavy atom. The number of hydrogen-bond acceptors (Lipinski definition) is 2. The van der Waals surface area contributed by atoms with Gasteiger partial charge in [0.25, 0.3) is 0 Å². The van der Waals surface area contributed by atoms with E-state index in [2.05, 4.69) is 0 Å². The molecule has 19 heavy (non-hydrogen) atoms. The van der Waals surface area contributed by atoms with Crippen LogP contribution in [-0.4, -0.2) is 5.78 Å². The summed E-state index contributed by atoms with van der Waals surface area (Å²) in [6, 6.07) is 4.42. The molecule has 1 heterocycles. The van der Waals surface area contributed by atoms with Crippen LogP contribution in [-0.2, 0) is 0 Å². The van der Waals surface area contributed by atoms with Crippen molar-refractivity contribution in [2.45, 2.75) is 13.8 Å². The molecule has 2 rings (SSSR count). The Kier molecular flexibility index (Phi) is 3.75. The van der Waals surface area contributed by atoms with Crippen LogP contribution in [0.15, 0.2) is 24.3 Å². The molecule has 1 nitrogen and oxygen atoms in total. The van der Waals surface area contributed by atoms with Crippen molar-refractivity contribution >= 4 is 17.1 Å². The zero-order valence-electron chi connectivity index (χ0n) is 10.3. The molecule has 0 unspecified atom stereocenters. The Morgan fingerprint density at radius 3 is 2.32 bits per heavy atom. The quantitative estimate of drug-likeness (QED) is 0.591. The molecule has 0 aliphatic rings. The highest BCUT2D eigenvalue weighted by Crippen LogP contribution is 2.32. The molecular weight excluding hydrogens is 273 g/mol. The van der Waals surface area contributed by atoms with Gasteiger partial charge in [-0.15, -0.1) is 11.3 Å². The SMILES string of the molecule is CC(C)C(=O)c1ccc(-c2cc(F)c(F)cc2F)s1. The molecule has 0 saturated carbocycles. The lowest BCUT2D eigenvalue weighted by atomic mass is 10.1. The molecule has 100 valence electrons. The molecule has 0 radical (unpaired) electrons. The summed E-state index contributed by atoms with van der Waals surface area (Å²) in [6.07, 6.45) is 0. The number of Topliss-reactive ketones (excluding diaryl/α,β-unsaturated/α-hetero) is 1. The molecule has 0 spiro atoms. The minimum Gasteiger partial charge on any atom is -0.293 e. The van der Waals surface area contributed by atoms with E-state index in [0.717, 1.165) is 17.4 Å². The minimum atomic E-state index is -1.23. The predicted octanol–water partition coefficient (Wildman–Crippen LogP) is 4.67. The molecule has 0 aliphatic heterocycles. The second-order valence-electron chi connectivity index (χ2n) is 4.43. The van der Waals surface area contributed by atoms with Gasteiger partial charge in [0, 0.05) is 22.4 Å². The molecule has 0 aliphatic carbocycles. The van der Waals surface area contributed by atoms with Crippen LogP contribution in [0.2, 0.25) is 0 Å². The van der Waals surface area contributed by atoms with Gasteiger partial charge in [0.15, 0.2) is 17.4 Å². The molecular formula is C14H11F3OS. The number of halogens is 3. The number of rotatable bonds is 3. The van der Waals surface area contributed by atoms with E-state index in [-0.39, 0.29) is 17.3 Å². The zero-order valence-corrected chi connectivity index (χ0v) is 11.2. The van der Waals surface area contributed by atoms with Crippen LogP contribution in [0.4, 0.5) is 13.2 Å². The van der Waals surface area contributed by atoms with Crippen LogP contribution in [0, 0.1) is 23.4 Å². The lowest BCUT2D eigenvalue weighted by Crippen LogP contribution is -2.04. The second-order valence-corrected chi connectivity index (χ2v) is 5.51. The Bertz CT molecular complexity index is 632. The lowest BCUT2D eigenvalue weighted by molar-refractivity contribution is 0.0943. The first-order chi connectivity index (χ1) is 8.90. The smallest absolute Gasteiger partial charge is 0.175 e. The number of benzene rings is 1. The number of carbonyl (C=O) groups is 1. The molecule has 0 fully saturated rings. The Labute approximate surface area is 112 Å². The fourth-order valence-electron chi connectivity index (χ4n) is 1.61. The Balaban J connectivity index is 2.44. The maximum absolute atomic E-state index is 13.6. The number of ketones is 1. The highest BCUT2D eigenvalue weighted by atomic mass is 32.1. The van der Waals surface area contributed by atoms with Crippen LogP contribution in [0.5, 0.6) is 0 Å². The summed E-state index contributed by atoms with van der Waals surface area (Å²) in [5.41, 5.74) is -0.0355.